The highest BCUT2D eigenvalue weighted by Crippen LogP contribution is 2.03. The van der Waals surface area contributed by atoms with Crippen LogP contribution in [0.3, 0.4) is 0 Å². The van der Waals surface area contributed by atoms with Crippen molar-refractivity contribution in [1.82, 2.24) is 4.72 Å². The fourth-order valence-corrected chi connectivity index (χ4v) is 1.31. The van der Waals surface area contributed by atoms with Crippen LogP contribution in [0.25, 0.3) is 0 Å². The molecule has 0 aromatic heterocycles. The summed E-state index contributed by atoms with van der Waals surface area (Å²) in [6.45, 7) is 0.132. The summed E-state index contributed by atoms with van der Waals surface area (Å²) < 4.78 is 23.3. The van der Waals surface area contributed by atoms with Crippen molar-refractivity contribution in [3.8, 4) is 0 Å². The van der Waals surface area contributed by atoms with Gasteiger partial charge in [0.2, 0.25) is 0 Å². The summed E-state index contributed by atoms with van der Waals surface area (Å²) in [6.07, 6.45) is 0. The Hall–Kier alpha value is -0.950. The van der Waals surface area contributed by atoms with Crippen LogP contribution in [0.4, 0.5) is 0 Å². The molecule has 6 heteroatoms. The van der Waals surface area contributed by atoms with E-state index in [4.69, 9.17) is 10.2 Å². The number of hydrogen-bond donors (Lipinski definition) is 3. The van der Waals surface area contributed by atoms with Crippen molar-refractivity contribution in [2.24, 2.45) is 5.14 Å². The molecular formula is C8H12N2O3S. The smallest absolute Gasteiger partial charge is 0.274 e. The quantitative estimate of drug-likeness (QED) is 0.631. The van der Waals surface area contributed by atoms with Crippen molar-refractivity contribution in [2.75, 3.05) is 0 Å². The molecule has 0 spiro atoms. The first kappa shape index (κ1) is 11.1. The van der Waals surface area contributed by atoms with Crippen molar-refractivity contribution < 1.29 is 13.5 Å². The van der Waals surface area contributed by atoms with Crippen LogP contribution >= 0.6 is 0 Å². The van der Waals surface area contributed by atoms with Gasteiger partial charge in [-0.25, -0.2) is 5.14 Å². The molecule has 0 heterocycles. The SMILES string of the molecule is NS(=O)(=O)NCc1ccc(CO)cc1. The van der Waals surface area contributed by atoms with E-state index in [1.807, 2.05) is 0 Å². The van der Waals surface area contributed by atoms with Gasteiger partial charge in [0.15, 0.2) is 0 Å². The van der Waals surface area contributed by atoms with E-state index < -0.39 is 10.2 Å². The molecular weight excluding hydrogens is 204 g/mol. The monoisotopic (exact) mass is 216 g/mol. The highest BCUT2D eigenvalue weighted by molar-refractivity contribution is 7.87. The standard InChI is InChI=1S/C8H12N2O3S/c9-14(12,13)10-5-7-1-3-8(6-11)4-2-7/h1-4,10-11H,5-6H2,(H2,9,12,13). The van der Waals surface area contributed by atoms with Crippen LogP contribution in [0.1, 0.15) is 11.1 Å². The third kappa shape index (κ3) is 3.84. The fraction of sp³-hybridized carbons (Fsp3) is 0.250. The van der Waals surface area contributed by atoms with Crippen LogP contribution in [0, 0.1) is 0 Å². The molecule has 0 saturated carbocycles. The molecule has 0 aliphatic heterocycles. The van der Waals surface area contributed by atoms with Gasteiger partial charge in [0.25, 0.3) is 10.2 Å². The Morgan fingerprint density at radius 2 is 1.71 bits per heavy atom. The molecule has 0 aliphatic carbocycles. The number of nitrogens with one attached hydrogen (secondary N) is 1. The Labute approximate surface area is 82.7 Å². The molecule has 4 N–H and O–H groups in total. The summed E-state index contributed by atoms with van der Waals surface area (Å²) in [4.78, 5) is 0. The second kappa shape index (κ2) is 4.52. The maximum atomic E-state index is 10.6. The molecule has 0 bridgehead atoms. The first-order valence-corrected chi connectivity index (χ1v) is 5.52. The van der Waals surface area contributed by atoms with Crippen LogP contribution in [0.2, 0.25) is 0 Å². The first-order valence-electron chi connectivity index (χ1n) is 3.97. The number of hydrogen-bond acceptors (Lipinski definition) is 3. The highest BCUT2D eigenvalue weighted by Gasteiger charge is 2.00. The summed E-state index contributed by atoms with van der Waals surface area (Å²) in [5.41, 5.74) is 1.57. The van der Waals surface area contributed by atoms with Crippen LogP contribution in [0.5, 0.6) is 0 Å². The number of aliphatic hydroxyl groups is 1. The average Bonchev–Trinajstić information content (AvgIpc) is 2.14. The third-order valence-electron chi connectivity index (χ3n) is 1.68. The molecule has 0 saturated heterocycles. The molecule has 0 aliphatic rings. The van der Waals surface area contributed by atoms with Crippen molar-refractivity contribution in [2.45, 2.75) is 13.2 Å². The van der Waals surface area contributed by atoms with Gasteiger partial charge in [-0.2, -0.15) is 13.1 Å². The van der Waals surface area contributed by atoms with Gasteiger partial charge in [0, 0.05) is 6.54 Å². The fourth-order valence-electron chi connectivity index (χ4n) is 0.946. The van der Waals surface area contributed by atoms with Crippen LogP contribution in [-0.4, -0.2) is 13.5 Å². The van der Waals surface area contributed by atoms with Gasteiger partial charge < -0.3 is 5.11 Å². The Morgan fingerprint density at radius 3 is 2.14 bits per heavy atom. The van der Waals surface area contributed by atoms with E-state index in [1.54, 1.807) is 24.3 Å². The molecule has 0 unspecified atom stereocenters. The van der Waals surface area contributed by atoms with Gasteiger partial charge >= 0.3 is 0 Å². The van der Waals surface area contributed by atoms with Crippen molar-refractivity contribution in [1.29, 1.82) is 0 Å². The molecule has 78 valence electrons. The van der Waals surface area contributed by atoms with Crippen molar-refractivity contribution in [3.05, 3.63) is 35.4 Å². The summed E-state index contributed by atoms with van der Waals surface area (Å²) in [5.74, 6) is 0. The topological polar surface area (TPSA) is 92.4 Å². The average molecular weight is 216 g/mol. The van der Waals surface area contributed by atoms with E-state index in [0.717, 1.165) is 11.1 Å². The van der Waals surface area contributed by atoms with E-state index in [-0.39, 0.29) is 13.2 Å². The summed E-state index contributed by atoms with van der Waals surface area (Å²) in [5, 5.41) is 13.5. The summed E-state index contributed by atoms with van der Waals surface area (Å²) in [6, 6.07) is 6.90. The lowest BCUT2D eigenvalue weighted by molar-refractivity contribution is 0.282. The second-order valence-corrected chi connectivity index (χ2v) is 4.22. The highest BCUT2D eigenvalue weighted by atomic mass is 32.2. The van der Waals surface area contributed by atoms with Crippen molar-refractivity contribution >= 4 is 10.2 Å². The largest absolute Gasteiger partial charge is 0.392 e. The molecule has 0 radical (unpaired) electrons. The third-order valence-corrected chi connectivity index (χ3v) is 2.23. The minimum absolute atomic E-state index is 0.0249. The van der Waals surface area contributed by atoms with Gasteiger partial charge in [-0.15, -0.1) is 0 Å². The molecule has 1 rings (SSSR count). The predicted octanol–water partition coefficient (Wildman–Crippen LogP) is -0.528. The Morgan fingerprint density at radius 1 is 1.21 bits per heavy atom. The maximum absolute atomic E-state index is 10.6. The Balaban J connectivity index is 2.61. The van der Waals surface area contributed by atoms with E-state index in [1.165, 1.54) is 0 Å². The van der Waals surface area contributed by atoms with Gasteiger partial charge in [0.1, 0.15) is 0 Å². The minimum atomic E-state index is -3.64. The summed E-state index contributed by atoms with van der Waals surface area (Å²) >= 11 is 0. The van der Waals surface area contributed by atoms with Gasteiger partial charge in [-0.3, -0.25) is 0 Å². The molecule has 0 fully saturated rings. The zero-order chi connectivity index (χ0) is 10.6. The van der Waals surface area contributed by atoms with E-state index in [2.05, 4.69) is 4.72 Å². The van der Waals surface area contributed by atoms with E-state index >= 15 is 0 Å². The zero-order valence-corrected chi connectivity index (χ0v) is 8.29. The lowest BCUT2D eigenvalue weighted by atomic mass is 10.1. The number of nitrogens with two attached hydrogens (primary N) is 1. The Kier molecular flexibility index (Phi) is 3.59. The van der Waals surface area contributed by atoms with Gasteiger partial charge in [0.05, 0.1) is 6.61 Å². The number of rotatable bonds is 4. The normalized spacial score (nSPS) is 11.6. The molecule has 1 aromatic carbocycles. The zero-order valence-electron chi connectivity index (χ0n) is 7.47. The van der Waals surface area contributed by atoms with E-state index in [0.29, 0.717) is 0 Å². The lowest BCUT2D eigenvalue weighted by Gasteiger charge is -2.02. The minimum Gasteiger partial charge on any atom is -0.392 e. The molecule has 14 heavy (non-hydrogen) atoms. The van der Waals surface area contributed by atoms with Gasteiger partial charge in [-0.05, 0) is 11.1 Å². The molecule has 0 atom stereocenters. The molecule has 1 aromatic rings. The Bertz CT molecular complexity index is 386. The number of aliphatic hydroxyl groups excluding tert-OH is 1. The van der Waals surface area contributed by atoms with Crippen molar-refractivity contribution in [3.63, 3.8) is 0 Å². The van der Waals surface area contributed by atoms with Crippen LogP contribution in [-0.2, 0) is 23.4 Å². The van der Waals surface area contributed by atoms with Crippen LogP contribution in [0.15, 0.2) is 24.3 Å². The van der Waals surface area contributed by atoms with Gasteiger partial charge in [-0.1, -0.05) is 24.3 Å². The second-order valence-electron chi connectivity index (χ2n) is 2.84. The lowest BCUT2D eigenvalue weighted by Crippen LogP contribution is -2.30. The molecule has 5 nitrogen and oxygen atoms in total. The summed E-state index contributed by atoms with van der Waals surface area (Å²) in [7, 11) is -3.64. The van der Waals surface area contributed by atoms with Crippen LogP contribution < -0.4 is 9.86 Å². The maximum Gasteiger partial charge on any atom is 0.274 e. The predicted molar refractivity (Wildman–Crippen MR) is 52.3 cm³/mol. The molecule has 0 amide bonds. The first-order chi connectivity index (χ1) is 6.51. The number of benzene rings is 1. The van der Waals surface area contributed by atoms with E-state index in [9.17, 15) is 8.42 Å².